The van der Waals surface area contributed by atoms with Gasteiger partial charge in [-0.25, -0.2) is 0 Å². The first-order chi connectivity index (χ1) is 13.5. The number of hydrogen-bond acceptors (Lipinski definition) is 7. The maximum Gasteiger partial charge on any atom is 0.317 e. The second-order valence-electron chi connectivity index (χ2n) is 6.20. The van der Waals surface area contributed by atoms with Crippen LogP contribution in [0.3, 0.4) is 0 Å². The van der Waals surface area contributed by atoms with Crippen molar-refractivity contribution >= 4 is 31.2 Å². The number of aldehydes is 3. The summed E-state index contributed by atoms with van der Waals surface area (Å²) in [5.74, 6) is -1.02. The number of carbonyl (C=O) groups is 5. The molecular formula is C19H25N3O6. The van der Waals surface area contributed by atoms with Crippen LogP contribution in [0, 0.1) is 0 Å². The highest BCUT2D eigenvalue weighted by molar-refractivity contribution is 5.74. The number of amides is 1. The molecule has 9 nitrogen and oxygen atoms in total. The van der Waals surface area contributed by atoms with Gasteiger partial charge in [-0.3, -0.25) is 24.2 Å². The van der Waals surface area contributed by atoms with Crippen LogP contribution in [0.1, 0.15) is 15.9 Å². The van der Waals surface area contributed by atoms with Crippen LogP contribution < -0.4 is 0 Å². The molecule has 1 aromatic rings. The molecule has 1 aromatic carbocycles. The van der Waals surface area contributed by atoms with Gasteiger partial charge in [-0.05, 0) is 5.56 Å². The average Bonchev–Trinajstić information content (AvgIpc) is 2.69. The lowest BCUT2D eigenvalue weighted by Gasteiger charge is -2.27. The Bertz CT molecular complexity index is 650. The second kappa shape index (κ2) is 13.3. The highest BCUT2D eigenvalue weighted by Crippen LogP contribution is 2.07. The fraction of sp³-hybridized carbons (Fsp3) is 0.421. The number of nitrogens with zero attached hydrogens (tertiary/aromatic N) is 3. The summed E-state index contributed by atoms with van der Waals surface area (Å²) in [5.41, 5.74) is 1.51. The Labute approximate surface area is 163 Å². The van der Waals surface area contributed by atoms with Crippen LogP contribution in [0.15, 0.2) is 24.3 Å². The Morgan fingerprint density at radius 1 is 0.857 bits per heavy atom. The largest absolute Gasteiger partial charge is 0.480 e. The molecule has 1 N–H and O–H groups in total. The van der Waals surface area contributed by atoms with Crippen LogP contribution in [0.4, 0.5) is 0 Å². The van der Waals surface area contributed by atoms with Crippen molar-refractivity contribution < 1.29 is 29.1 Å². The molecule has 0 saturated heterocycles. The Kier molecular flexibility index (Phi) is 11.0. The van der Waals surface area contributed by atoms with E-state index in [4.69, 9.17) is 5.11 Å². The number of carbonyl (C=O) groups excluding carboxylic acids is 4. The van der Waals surface area contributed by atoms with Crippen molar-refractivity contribution in [2.24, 2.45) is 0 Å². The van der Waals surface area contributed by atoms with Gasteiger partial charge in [0.05, 0.1) is 19.6 Å². The Balaban J connectivity index is 2.77. The number of hydrogen-bond donors (Lipinski definition) is 1. The third kappa shape index (κ3) is 9.15. The fourth-order valence-corrected chi connectivity index (χ4v) is 2.60. The van der Waals surface area contributed by atoms with E-state index in [1.807, 2.05) is 17.0 Å². The molecule has 0 aliphatic heterocycles. The summed E-state index contributed by atoms with van der Waals surface area (Å²) in [6, 6.07) is 7.04. The van der Waals surface area contributed by atoms with Crippen LogP contribution in [-0.4, -0.2) is 96.9 Å². The van der Waals surface area contributed by atoms with Crippen LogP contribution in [0.25, 0.3) is 0 Å². The third-order valence-corrected chi connectivity index (χ3v) is 4.11. The van der Waals surface area contributed by atoms with Gasteiger partial charge in [0.15, 0.2) is 0 Å². The lowest BCUT2D eigenvalue weighted by Crippen LogP contribution is -2.41. The lowest BCUT2D eigenvalue weighted by atomic mass is 10.1. The van der Waals surface area contributed by atoms with Gasteiger partial charge in [-0.1, -0.05) is 24.3 Å². The molecule has 9 heteroatoms. The molecule has 0 saturated carbocycles. The summed E-state index contributed by atoms with van der Waals surface area (Å²) < 4.78 is 0. The van der Waals surface area contributed by atoms with E-state index in [1.165, 1.54) is 9.80 Å². The molecule has 0 radical (unpaired) electrons. The van der Waals surface area contributed by atoms with E-state index in [1.54, 1.807) is 12.1 Å². The first-order valence-electron chi connectivity index (χ1n) is 8.79. The molecule has 0 bridgehead atoms. The predicted molar refractivity (Wildman–Crippen MR) is 101 cm³/mol. The molecular weight excluding hydrogens is 366 g/mol. The number of aliphatic carboxylic acids is 1. The minimum absolute atomic E-state index is 0.00164. The first kappa shape index (κ1) is 23.1. The van der Waals surface area contributed by atoms with E-state index in [9.17, 15) is 24.0 Å². The van der Waals surface area contributed by atoms with Gasteiger partial charge < -0.3 is 19.6 Å². The van der Waals surface area contributed by atoms with Gasteiger partial charge in [0.2, 0.25) is 6.41 Å². The average molecular weight is 391 g/mol. The molecule has 1 rings (SSSR count). The highest BCUT2D eigenvalue weighted by Gasteiger charge is 2.13. The normalized spacial score (nSPS) is 10.6. The minimum Gasteiger partial charge on any atom is -0.480 e. The second-order valence-corrected chi connectivity index (χ2v) is 6.20. The van der Waals surface area contributed by atoms with Gasteiger partial charge >= 0.3 is 5.97 Å². The third-order valence-electron chi connectivity index (χ3n) is 4.11. The monoisotopic (exact) mass is 391 g/mol. The molecule has 0 unspecified atom stereocenters. The van der Waals surface area contributed by atoms with Crippen molar-refractivity contribution in [1.29, 1.82) is 0 Å². The van der Waals surface area contributed by atoms with E-state index >= 15 is 0 Å². The zero-order valence-corrected chi connectivity index (χ0v) is 15.6. The van der Waals surface area contributed by atoms with Gasteiger partial charge in [0.25, 0.3) is 0 Å². The zero-order chi connectivity index (χ0) is 20.8. The summed E-state index contributed by atoms with van der Waals surface area (Å²) in [6.45, 7) is 1.89. The number of carboxylic acids is 1. The van der Waals surface area contributed by atoms with Crippen LogP contribution in [-0.2, 0) is 25.7 Å². The van der Waals surface area contributed by atoms with Gasteiger partial charge in [0.1, 0.15) is 18.9 Å². The van der Waals surface area contributed by atoms with Crippen molar-refractivity contribution in [3.8, 4) is 0 Å². The standard InChI is InChI=1S/C19H25N3O6/c23-11-9-21(14-19(27)28)6-5-20(7-8-22(16-26)10-12-24)13-17-1-3-18(15-25)4-2-17/h1-4,11-12,15-16H,5-10,13-14H2,(H,27,28). The van der Waals surface area contributed by atoms with Crippen molar-refractivity contribution in [2.45, 2.75) is 6.54 Å². The van der Waals surface area contributed by atoms with Gasteiger partial charge in [-0.2, -0.15) is 0 Å². The maximum atomic E-state index is 11.0. The summed E-state index contributed by atoms with van der Waals surface area (Å²) in [4.78, 5) is 59.0. The first-order valence-corrected chi connectivity index (χ1v) is 8.79. The van der Waals surface area contributed by atoms with Gasteiger partial charge in [-0.15, -0.1) is 0 Å². The summed E-state index contributed by atoms with van der Waals surface area (Å²) >= 11 is 0. The number of benzene rings is 1. The smallest absolute Gasteiger partial charge is 0.317 e. The molecule has 0 aromatic heterocycles. The predicted octanol–water partition coefficient (Wildman–Crippen LogP) is -0.456. The quantitative estimate of drug-likeness (QED) is 0.377. The van der Waals surface area contributed by atoms with Crippen LogP contribution in [0.2, 0.25) is 0 Å². The van der Waals surface area contributed by atoms with Crippen molar-refractivity contribution in [2.75, 3.05) is 45.8 Å². The molecule has 0 spiro atoms. The van der Waals surface area contributed by atoms with E-state index in [0.717, 1.165) is 11.8 Å². The summed E-state index contributed by atoms with van der Waals surface area (Å²) in [6.07, 6.45) is 2.67. The fourth-order valence-electron chi connectivity index (χ4n) is 2.60. The molecule has 0 atom stereocenters. The number of carboxylic acid groups (broad SMARTS) is 1. The number of rotatable bonds is 16. The van der Waals surface area contributed by atoms with Crippen molar-refractivity contribution in [1.82, 2.24) is 14.7 Å². The zero-order valence-electron chi connectivity index (χ0n) is 15.6. The maximum absolute atomic E-state index is 11.0. The molecule has 0 aliphatic carbocycles. The Hall–Kier alpha value is -2.91. The summed E-state index contributed by atoms with van der Waals surface area (Å²) in [7, 11) is 0. The van der Waals surface area contributed by atoms with Crippen molar-refractivity contribution in [3.63, 3.8) is 0 Å². The van der Waals surface area contributed by atoms with Crippen LogP contribution in [0.5, 0.6) is 0 Å². The van der Waals surface area contributed by atoms with E-state index in [2.05, 4.69) is 0 Å². The minimum atomic E-state index is -1.02. The highest BCUT2D eigenvalue weighted by atomic mass is 16.4. The Morgan fingerprint density at radius 2 is 1.46 bits per heavy atom. The van der Waals surface area contributed by atoms with Gasteiger partial charge in [0, 0.05) is 38.3 Å². The molecule has 1 amide bonds. The SMILES string of the molecule is O=CCN(C=O)CCN(CCN(CC=O)CC(=O)O)Cc1ccc(C=O)cc1. The van der Waals surface area contributed by atoms with E-state index < -0.39 is 5.97 Å². The Morgan fingerprint density at radius 3 is 2.00 bits per heavy atom. The lowest BCUT2D eigenvalue weighted by molar-refractivity contribution is -0.138. The molecule has 28 heavy (non-hydrogen) atoms. The molecule has 0 fully saturated rings. The molecule has 0 heterocycles. The summed E-state index contributed by atoms with van der Waals surface area (Å²) in [5, 5.41) is 8.95. The topological polar surface area (TPSA) is 115 Å². The van der Waals surface area contributed by atoms with Crippen LogP contribution >= 0.6 is 0 Å². The van der Waals surface area contributed by atoms with E-state index in [-0.39, 0.29) is 19.6 Å². The van der Waals surface area contributed by atoms with E-state index in [0.29, 0.717) is 57.3 Å². The molecule has 0 aliphatic rings. The molecule has 152 valence electrons. The van der Waals surface area contributed by atoms with Crippen molar-refractivity contribution in [3.05, 3.63) is 35.4 Å².